The third-order valence-corrected chi connectivity index (χ3v) is 6.38. The second-order valence-electron chi connectivity index (χ2n) is 11.2. The Morgan fingerprint density at radius 1 is 1.00 bits per heavy atom. The minimum Gasteiger partial charge on any atom is -0.444 e. The fraction of sp³-hybridized carbons (Fsp3) is 0.484. The maximum Gasteiger partial charge on any atom is 0.408 e. The topological polar surface area (TPSA) is 131 Å². The molecule has 0 aliphatic carbocycles. The van der Waals surface area contributed by atoms with Gasteiger partial charge in [0.2, 0.25) is 17.7 Å². The molecule has 0 aliphatic heterocycles. The first kappa shape index (κ1) is 32.3. The molecule has 9 nitrogen and oxygen atoms in total. The number of ether oxygens (including phenoxy) is 1. The zero-order valence-corrected chi connectivity index (χ0v) is 24.7. The van der Waals surface area contributed by atoms with Gasteiger partial charge in [0.05, 0.1) is 0 Å². The number of alkyl carbamates (subject to hydrolysis) is 1. The minimum atomic E-state index is -1.13. The van der Waals surface area contributed by atoms with Gasteiger partial charge in [0.1, 0.15) is 17.7 Å². The van der Waals surface area contributed by atoms with Crippen LogP contribution in [0.1, 0.15) is 82.2 Å². The highest BCUT2D eigenvalue weighted by Crippen LogP contribution is 2.28. The summed E-state index contributed by atoms with van der Waals surface area (Å²) in [6, 6.07) is 12.8. The van der Waals surface area contributed by atoms with Gasteiger partial charge in [-0.05, 0) is 65.5 Å². The average molecular weight is 553 g/mol. The maximum absolute atomic E-state index is 14.2. The first-order valence-corrected chi connectivity index (χ1v) is 13.7. The Kier molecular flexibility index (Phi) is 11.7. The van der Waals surface area contributed by atoms with Crippen molar-refractivity contribution in [1.29, 1.82) is 0 Å². The van der Waals surface area contributed by atoms with Crippen molar-refractivity contribution in [3.63, 3.8) is 0 Å². The largest absolute Gasteiger partial charge is 0.444 e. The molecule has 0 aromatic heterocycles. The van der Waals surface area contributed by atoms with Gasteiger partial charge < -0.3 is 26.0 Å². The van der Waals surface area contributed by atoms with Gasteiger partial charge in [0, 0.05) is 19.0 Å². The summed E-state index contributed by atoms with van der Waals surface area (Å²) in [4.78, 5) is 54.0. The molecular weight excluding hydrogens is 508 g/mol. The molecule has 0 heterocycles. The average Bonchev–Trinajstić information content (AvgIpc) is 2.86. The molecule has 218 valence electrons. The van der Waals surface area contributed by atoms with Crippen LogP contribution < -0.4 is 16.4 Å². The molecule has 3 unspecified atom stereocenters. The van der Waals surface area contributed by atoms with E-state index in [9.17, 15) is 19.2 Å². The Bertz CT molecular complexity index is 1160. The lowest BCUT2D eigenvalue weighted by atomic mass is 9.96. The molecule has 0 radical (unpaired) electrons. The van der Waals surface area contributed by atoms with E-state index in [2.05, 4.69) is 10.6 Å². The van der Waals surface area contributed by atoms with Gasteiger partial charge in [-0.2, -0.15) is 0 Å². The number of primary amides is 1. The zero-order chi connectivity index (χ0) is 30.0. The van der Waals surface area contributed by atoms with Gasteiger partial charge in [-0.1, -0.05) is 66.6 Å². The van der Waals surface area contributed by atoms with E-state index in [0.717, 1.165) is 16.7 Å². The molecule has 9 heteroatoms. The quantitative estimate of drug-likeness (QED) is 0.358. The fourth-order valence-electron chi connectivity index (χ4n) is 4.46. The Morgan fingerprint density at radius 2 is 1.60 bits per heavy atom. The Morgan fingerprint density at radius 3 is 2.12 bits per heavy atom. The van der Waals surface area contributed by atoms with Crippen LogP contribution in [0.2, 0.25) is 0 Å². The smallest absolute Gasteiger partial charge is 0.408 e. The van der Waals surface area contributed by atoms with Crippen molar-refractivity contribution >= 4 is 23.8 Å². The number of hydrogen-bond donors (Lipinski definition) is 3. The van der Waals surface area contributed by atoms with E-state index in [1.807, 2.05) is 76.2 Å². The second-order valence-corrected chi connectivity index (χ2v) is 11.2. The van der Waals surface area contributed by atoms with Crippen molar-refractivity contribution in [2.75, 3.05) is 0 Å². The van der Waals surface area contributed by atoms with Gasteiger partial charge in [-0.15, -0.1) is 0 Å². The monoisotopic (exact) mass is 552 g/mol. The molecule has 0 saturated carbocycles. The highest BCUT2D eigenvalue weighted by atomic mass is 16.6. The standard InChI is InChI=1S/C31H44N4O5/c1-8-22(4)35(29(38)25(14-15-26(32)36)34-30(39)40-31(5,6)7)27(24-17-20(2)16-21(3)18-24)28(37)33-19-23-12-10-9-11-13-23/h9-13,16-18,22,25,27H,8,14-15,19H2,1-7H3,(H2,32,36)(H,33,37)(H,34,39). The number of benzene rings is 2. The summed E-state index contributed by atoms with van der Waals surface area (Å²) in [5, 5.41) is 5.61. The SMILES string of the molecule is CCC(C)N(C(=O)C(CCC(N)=O)NC(=O)OC(C)(C)C)C(C(=O)NCc1ccccc1)c1cc(C)cc(C)c1. The normalized spacial score (nSPS) is 13.5. The molecule has 2 aromatic rings. The number of hydrogen-bond acceptors (Lipinski definition) is 5. The molecule has 0 spiro atoms. The number of nitrogens with two attached hydrogens (primary N) is 1. The van der Waals surface area contributed by atoms with E-state index in [1.54, 1.807) is 20.8 Å². The number of nitrogens with zero attached hydrogens (tertiary/aromatic N) is 1. The van der Waals surface area contributed by atoms with Crippen LogP contribution in [0.15, 0.2) is 48.5 Å². The van der Waals surface area contributed by atoms with Gasteiger partial charge in [0.15, 0.2) is 0 Å². The Balaban J connectivity index is 2.55. The Hall–Kier alpha value is -3.88. The Labute approximate surface area is 237 Å². The van der Waals surface area contributed by atoms with Gasteiger partial charge in [-0.25, -0.2) is 4.79 Å². The van der Waals surface area contributed by atoms with Crippen LogP contribution in [0.5, 0.6) is 0 Å². The van der Waals surface area contributed by atoms with Crippen LogP contribution in [-0.2, 0) is 25.7 Å². The lowest BCUT2D eigenvalue weighted by molar-refractivity contribution is -0.145. The predicted octanol–water partition coefficient (Wildman–Crippen LogP) is 4.45. The van der Waals surface area contributed by atoms with Crippen LogP contribution in [0, 0.1) is 13.8 Å². The molecule has 0 fully saturated rings. The van der Waals surface area contributed by atoms with Crippen LogP contribution in [-0.4, -0.2) is 46.4 Å². The third kappa shape index (κ3) is 10.0. The molecule has 3 atom stereocenters. The van der Waals surface area contributed by atoms with E-state index in [-0.39, 0.29) is 31.3 Å². The molecular formula is C31H44N4O5. The maximum atomic E-state index is 14.2. The van der Waals surface area contributed by atoms with Crippen LogP contribution >= 0.6 is 0 Å². The van der Waals surface area contributed by atoms with Crippen LogP contribution in [0.25, 0.3) is 0 Å². The first-order valence-electron chi connectivity index (χ1n) is 13.7. The number of rotatable bonds is 12. The van der Waals surface area contributed by atoms with Gasteiger partial charge >= 0.3 is 6.09 Å². The number of amides is 4. The molecule has 0 aliphatic rings. The minimum absolute atomic E-state index is 0.0362. The van der Waals surface area contributed by atoms with Crippen molar-refractivity contribution in [2.45, 2.75) is 98.0 Å². The van der Waals surface area contributed by atoms with Crippen LogP contribution in [0.4, 0.5) is 4.79 Å². The molecule has 0 bridgehead atoms. The van der Waals surface area contributed by atoms with E-state index < -0.39 is 35.6 Å². The molecule has 0 saturated heterocycles. The van der Waals surface area contributed by atoms with E-state index >= 15 is 0 Å². The predicted molar refractivity (Wildman–Crippen MR) is 155 cm³/mol. The van der Waals surface area contributed by atoms with Crippen molar-refractivity contribution in [3.8, 4) is 0 Å². The molecule has 2 aromatic carbocycles. The van der Waals surface area contributed by atoms with E-state index in [4.69, 9.17) is 10.5 Å². The first-order chi connectivity index (χ1) is 18.7. The molecule has 4 amide bonds. The summed E-state index contributed by atoms with van der Waals surface area (Å²) < 4.78 is 5.39. The summed E-state index contributed by atoms with van der Waals surface area (Å²) in [6.45, 7) is 13.1. The van der Waals surface area contributed by atoms with Crippen LogP contribution in [0.3, 0.4) is 0 Å². The lowest BCUT2D eigenvalue weighted by Crippen LogP contribution is -2.55. The summed E-state index contributed by atoms with van der Waals surface area (Å²) >= 11 is 0. The summed E-state index contributed by atoms with van der Waals surface area (Å²) in [5.41, 5.74) is 8.07. The van der Waals surface area contributed by atoms with Crippen molar-refractivity contribution in [2.24, 2.45) is 5.73 Å². The van der Waals surface area contributed by atoms with Gasteiger partial charge in [0.25, 0.3) is 0 Å². The van der Waals surface area contributed by atoms with E-state index in [0.29, 0.717) is 12.0 Å². The second kappa shape index (κ2) is 14.5. The number of aryl methyl sites for hydroxylation is 2. The van der Waals surface area contributed by atoms with Crippen molar-refractivity contribution in [3.05, 3.63) is 70.8 Å². The highest BCUT2D eigenvalue weighted by Gasteiger charge is 2.38. The summed E-state index contributed by atoms with van der Waals surface area (Å²) in [7, 11) is 0. The zero-order valence-electron chi connectivity index (χ0n) is 24.7. The van der Waals surface area contributed by atoms with Crippen molar-refractivity contribution < 1.29 is 23.9 Å². The van der Waals surface area contributed by atoms with E-state index in [1.165, 1.54) is 4.90 Å². The summed E-state index contributed by atoms with van der Waals surface area (Å²) in [5.74, 6) is -1.46. The number of carbonyl (C=O) groups excluding carboxylic acids is 4. The lowest BCUT2D eigenvalue weighted by Gasteiger charge is -2.38. The highest BCUT2D eigenvalue weighted by molar-refractivity contribution is 5.92. The number of carbonyl (C=O) groups is 4. The number of nitrogens with one attached hydrogen (secondary N) is 2. The van der Waals surface area contributed by atoms with Crippen molar-refractivity contribution in [1.82, 2.24) is 15.5 Å². The summed E-state index contributed by atoms with van der Waals surface area (Å²) in [6.07, 6.45) is -0.412. The van der Waals surface area contributed by atoms with Gasteiger partial charge in [-0.3, -0.25) is 14.4 Å². The molecule has 4 N–H and O–H groups in total. The fourth-order valence-corrected chi connectivity index (χ4v) is 4.46. The molecule has 40 heavy (non-hydrogen) atoms. The third-order valence-electron chi connectivity index (χ3n) is 6.38. The molecule has 2 rings (SSSR count).